The highest BCUT2D eigenvalue weighted by molar-refractivity contribution is 7.92. The highest BCUT2D eigenvalue weighted by Gasteiger charge is 2.33. The van der Waals surface area contributed by atoms with Crippen LogP contribution in [-0.4, -0.2) is 64.2 Å². The first kappa shape index (κ1) is 30.6. The first-order chi connectivity index (χ1) is 18.6. The van der Waals surface area contributed by atoms with Crippen molar-refractivity contribution in [3.63, 3.8) is 0 Å². The summed E-state index contributed by atoms with van der Waals surface area (Å²) >= 11 is 6.06. The van der Waals surface area contributed by atoms with E-state index in [1.54, 1.807) is 36.4 Å². The van der Waals surface area contributed by atoms with Crippen LogP contribution in [0.4, 0.5) is 5.69 Å². The van der Waals surface area contributed by atoms with Gasteiger partial charge in [-0.1, -0.05) is 49.9 Å². The molecule has 1 N–H and O–H groups in total. The molecule has 1 atom stereocenters. The zero-order chi connectivity index (χ0) is 28.6. The summed E-state index contributed by atoms with van der Waals surface area (Å²) in [5.74, 6) is -0.0392. The summed E-state index contributed by atoms with van der Waals surface area (Å²) < 4.78 is 37.5. The van der Waals surface area contributed by atoms with Gasteiger partial charge in [0, 0.05) is 23.7 Å². The van der Waals surface area contributed by atoms with Gasteiger partial charge in [-0.25, -0.2) is 8.42 Å². The van der Waals surface area contributed by atoms with Crippen molar-refractivity contribution in [3.05, 3.63) is 53.1 Å². The lowest BCUT2D eigenvalue weighted by Crippen LogP contribution is -2.54. The quantitative estimate of drug-likeness (QED) is 0.400. The Kier molecular flexibility index (Phi) is 10.9. The minimum Gasteiger partial charge on any atom is -0.497 e. The van der Waals surface area contributed by atoms with Crippen LogP contribution in [0, 0.1) is 0 Å². The fourth-order valence-corrected chi connectivity index (χ4v) is 5.82. The van der Waals surface area contributed by atoms with Crippen LogP contribution in [0.1, 0.15) is 51.0 Å². The number of nitrogens with zero attached hydrogens (tertiary/aromatic N) is 2. The number of nitrogens with one attached hydrogen (secondary N) is 1. The average molecular weight is 580 g/mol. The van der Waals surface area contributed by atoms with E-state index in [4.69, 9.17) is 21.1 Å². The number of halogens is 1. The Hall–Kier alpha value is -2.98. The molecule has 3 rings (SSSR count). The largest absolute Gasteiger partial charge is 0.497 e. The van der Waals surface area contributed by atoms with E-state index in [1.807, 2.05) is 6.92 Å². The molecule has 0 saturated heterocycles. The Morgan fingerprint density at radius 1 is 1.05 bits per heavy atom. The van der Waals surface area contributed by atoms with Crippen molar-refractivity contribution < 1.29 is 27.5 Å². The summed E-state index contributed by atoms with van der Waals surface area (Å²) in [6.07, 6.45) is 6.48. The number of methoxy groups -OCH3 is 2. The van der Waals surface area contributed by atoms with Gasteiger partial charge in [0.25, 0.3) is 0 Å². The number of benzene rings is 2. The SMILES string of the molecule is CC[C@H](C(=O)NC1CCCCC1)N(Cc1ccc(Cl)cc1)C(=O)CN(c1ccc(OC)cc1OC)S(C)(=O)=O. The van der Waals surface area contributed by atoms with Crippen LogP contribution in [0.3, 0.4) is 0 Å². The summed E-state index contributed by atoms with van der Waals surface area (Å²) in [7, 11) is -1.00. The number of anilines is 1. The number of carbonyl (C=O) groups excluding carboxylic acids is 2. The highest BCUT2D eigenvalue weighted by Crippen LogP contribution is 2.34. The molecule has 0 aromatic heterocycles. The second kappa shape index (κ2) is 13.9. The molecule has 214 valence electrons. The summed E-state index contributed by atoms with van der Waals surface area (Å²) in [6.45, 7) is 1.44. The number of ether oxygens (including phenoxy) is 2. The van der Waals surface area contributed by atoms with E-state index in [1.165, 1.54) is 25.2 Å². The van der Waals surface area contributed by atoms with E-state index < -0.39 is 28.5 Å². The van der Waals surface area contributed by atoms with E-state index in [-0.39, 0.29) is 29.9 Å². The monoisotopic (exact) mass is 579 g/mol. The molecule has 1 aliphatic rings. The normalized spacial score (nSPS) is 14.8. The van der Waals surface area contributed by atoms with Gasteiger partial charge in [-0.15, -0.1) is 0 Å². The lowest BCUT2D eigenvalue weighted by Gasteiger charge is -2.34. The minimum atomic E-state index is -3.91. The van der Waals surface area contributed by atoms with E-state index in [0.29, 0.717) is 17.2 Å². The summed E-state index contributed by atoms with van der Waals surface area (Å²) in [6, 6.07) is 11.0. The molecule has 0 heterocycles. The molecule has 39 heavy (non-hydrogen) atoms. The molecule has 0 bridgehead atoms. The molecule has 11 heteroatoms. The van der Waals surface area contributed by atoms with Crippen LogP contribution in [0.15, 0.2) is 42.5 Å². The van der Waals surface area contributed by atoms with Crippen LogP contribution in [0.5, 0.6) is 11.5 Å². The lowest BCUT2D eigenvalue weighted by molar-refractivity contribution is -0.140. The van der Waals surface area contributed by atoms with Crippen molar-refractivity contribution in [2.24, 2.45) is 0 Å². The summed E-state index contributed by atoms with van der Waals surface area (Å²) in [5, 5.41) is 3.68. The Morgan fingerprint density at radius 2 is 1.72 bits per heavy atom. The predicted molar refractivity (Wildman–Crippen MR) is 153 cm³/mol. The number of rotatable bonds is 12. The first-order valence-electron chi connectivity index (χ1n) is 13.1. The zero-order valence-electron chi connectivity index (χ0n) is 23.0. The summed E-state index contributed by atoms with van der Waals surface area (Å²) in [5.41, 5.74) is 0.963. The van der Waals surface area contributed by atoms with Crippen LogP contribution >= 0.6 is 11.6 Å². The Morgan fingerprint density at radius 3 is 2.28 bits per heavy atom. The standard InChI is InChI=1S/C28H38ClN3O6S/c1-5-24(28(34)30-22-9-7-6-8-10-22)31(18-20-11-13-21(29)14-12-20)27(33)19-32(39(4,35)36)25-16-15-23(37-2)17-26(25)38-3/h11-17,22,24H,5-10,18-19H2,1-4H3,(H,30,34)/t24-/m1/s1. The number of amides is 2. The van der Waals surface area contributed by atoms with Crippen molar-refractivity contribution >= 4 is 39.1 Å². The number of sulfonamides is 1. The van der Waals surface area contributed by atoms with Crippen molar-refractivity contribution in [1.29, 1.82) is 0 Å². The zero-order valence-corrected chi connectivity index (χ0v) is 24.6. The topological polar surface area (TPSA) is 105 Å². The molecule has 1 fully saturated rings. The Balaban J connectivity index is 1.95. The molecule has 2 amide bonds. The fourth-order valence-electron chi connectivity index (χ4n) is 4.84. The van der Waals surface area contributed by atoms with E-state index in [2.05, 4.69) is 5.32 Å². The van der Waals surface area contributed by atoms with Crippen LogP contribution in [0.25, 0.3) is 0 Å². The van der Waals surface area contributed by atoms with E-state index in [9.17, 15) is 18.0 Å². The molecule has 2 aromatic rings. The molecule has 9 nitrogen and oxygen atoms in total. The smallest absolute Gasteiger partial charge is 0.244 e. The van der Waals surface area contributed by atoms with Crippen LogP contribution in [0.2, 0.25) is 5.02 Å². The molecule has 1 aliphatic carbocycles. The van der Waals surface area contributed by atoms with Crippen LogP contribution < -0.4 is 19.1 Å². The van der Waals surface area contributed by atoms with Gasteiger partial charge in [0.05, 0.1) is 26.2 Å². The van der Waals surface area contributed by atoms with Gasteiger partial charge in [0.1, 0.15) is 24.1 Å². The number of carbonyl (C=O) groups is 2. The number of hydrogen-bond donors (Lipinski definition) is 1. The third-order valence-corrected chi connectivity index (χ3v) is 8.32. The fraction of sp³-hybridized carbons (Fsp3) is 0.500. The van der Waals surface area contributed by atoms with Crippen LogP contribution in [-0.2, 0) is 26.2 Å². The van der Waals surface area contributed by atoms with Crippen molar-refractivity contribution in [2.75, 3.05) is 31.3 Å². The Bertz CT molecular complexity index is 1230. The van der Waals surface area contributed by atoms with Gasteiger partial charge in [-0.3, -0.25) is 13.9 Å². The Labute approximate surface area is 236 Å². The third-order valence-electron chi connectivity index (χ3n) is 6.94. The van der Waals surface area contributed by atoms with E-state index in [0.717, 1.165) is 48.2 Å². The third kappa shape index (κ3) is 8.25. The molecular formula is C28H38ClN3O6S. The van der Waals surface area contributed by atoms with Gasteiger partial charge >= 0.3 is 0 Å². The maximum Gasteiger partial charge on any atom is 0.244 e. The predicted octanol–water partition coefficient (Wildman–Crippen LogP) is 4.38. The van der Waals surface area contributed by atoms with Crippen molar-refractivity contribution in [1.82, 2.24) is 10.2 Å². The second-order valence-electron chi connectivity index (χ2n) is 9.72. The highest BCUT2D eigenvalue weighted by atomic mass is 35.5. The molecule has 0 unspecified atom stereocenters. The lowest BCUT2D eigenvalue weighted by atomic mass is 9.95. The van der Waals surface area contributed by atoms with E-state index >= 15 is 0 Å². The van der Waals surface area contributed by atoms with Gasteiger partial charge in [0.2, 0.25) is 21.8 Å². The van der Waals surface area contributed by atoms with Gasteiger partial charge in [-0.05, 0) is 49.1 Å². The van der Waals surface area contributed by atoms with Gasteiger partial charge in [-0.2, -0.15) is 0 Å². The average Bonchev–Trinajstić information content (AvgIpc) is 2.92. The molecule has 2 aromatic carbocycles. The molecular weight excluding hydrogens is 542 g/mol. The maximum absolute atomic E-state index is 13.9. The second-order valence-corrected chi connectivity index (χ2v) is 12.1. The molecule has 0 radical (unpaired) electrons. The number of hydrogen-bond acceptors (Lipinski definition) is 6. The van der Waals surface area contributed by atoms with Crippen molar-refractivity contribution in [2.45, 2.75) is 64.1 Å². The molecule has 1 saturated carbocycles. The van der Waals surface area contributed by atoms with Gasteiger partial charge in [0.15, 0.2) is 0 Å². The van der Waals surface area contributed by atoms with Crippen molar-refractivity contribution in [3.8, 4) is 11.5 Å². The first-order valence-corrected chi connectivity index (χ1v) is 15.3. The van der Waals surface area contributed by atoms with Gasteiger partial charge < -0.3 is 19.7 Å². The minimum absolute atomic E-state index is 0.0730. The molecule has 0 aliphatic heterocycles. The molecule has 0 spiro atoms. The summed E-state index contributed by atoms with van der Waals surface area (Å²) in [4.78, 5) is 28.8. The maximum atomic E-state index is 13.9.